The van der Waals surface area contributed by atoms with Crippen LogP contribution in [0.2, 0.25) is 0 Å². The number of carbonyl (C=O) groups excluding carboxylic acids is 3. The zero-order valence-electron chi connectivity index (χ0n) is 56.3. The maximum Gasteiger partial charge on any atom is 0.180 e. The van der Waals surface area contributed by atoms with Crippen LogP contribution in [0.15, 0.2) is 162 Å². The van der Waals surface area contributed by atoms with Crippen molar-refractivity contribution in [3.8, 4) is 23.0 Å². The van der Waals surface area contributed by atoms with Crippen molar-refractivity contribution < 1.29 is 38.1 Å². The second kappa shape index (κ2) is 35.0. The number of allylic oxidation sites excluding steroid dienone is 16. The van der Waals surface area contributed by atoms with Crippen molar-refractivity contribution in [2.45, 2.75) is 73.6 Å². The number of halogens is 3. The summed E-state index contributed by atoms with van der Waals surface area (Å²) in [6, 6.07) is 15.0. The van der Waals surface area contributed by atoms with E-state index in [1.165, 1.54) is 42.9 Å². The normalized spacial score (nSPS) is 18.5. The summed E-state index contributed by atoms with van der Waals surface area (Å²) in [5.41, 5.74) is 38.6. The number of hydrogen-bond acceptors (Lipinski definition) is 21. The number of morpholine rings is 1. The molecule has 9 N–H and O–H groups in total. The first-order chi connectivity index (χ1) is 46.6. The third-order valence-corrected chi connectivity index (χ3v) is 17.0. The van der Waals surface area contributed by atoms with Crippen LogP contribution in [0.1, 0.15) is 73.6 Å². The topological polar surface area (TPSA) is 288 Å². The van der Waals surface area contributed by atoms with Crippen molar-refractivity contribution in [2.75, 3.05) is 136 Å². The maximum atomic E-state index is 11.4. The molecule has 0 spiro atoms. The van der Waals surface area contributed by atoms with E-state index in [0.717, 1.165) is 122 Å². The molecule has 0 saturated carbocycles. The fourth-order valence-electron chi connectivity index (χ4n) is 11.0. The van der Waals surface area contributed by atoms with Crippen LogP contribution in [0, 0.1) is 5.41 Å². The summed E-state index contributed by atoms with van der Waals surface area (Å²) in [5.74, 6) is 2.02. The Morgan fingerprint density at radius 1 is 0.443 bits per heavy atom. The van der Waals surface area contributed by atoms with Crippen molar-refractivity contribution in [1.29, 1.82) is 5.41 Å². The number of carbonyl (C=O) groups is 3. The predicted octanol–water partition coefficient (Wildman–Crippen LogP) is 14.2. The largest absolute Gasteiger partial charge is 0.492 e. The summed E-state index contributed by atoms with van der Waals surface area (Å²) in [7, 11) is 3.91. The first-order valence-corrected chi connectivity index (χ1v) is 33.6. The third kappa shape index (κ3) is 19.6. The molecule has 512 valence electrons. The van der Waals surface area contributed by atoms with Crippen LogP contribution < -0.4 is 61.5 Å². The molecule has 4 aromatic rings. The number of nitrogens with zero attached hydrogens (tertiary/aromatic N) is 8. The first-order valence-electron chi connectivity index (χ1n) is 32.4. The van der Waals surface area contributed by atoms with Gasteiger partial charge in [-0.25, -0.2) is 20.0 Å². The minimum Gasteiger partial charge on any atom is -0.492 e. The average Bonchev–Trinajstić information content (AvgIpc) is 1.38. The number of ether oxygens (including phenoxy) is 5. The fourth-order valence-corrected chi connectivity index (χ4v) is 11.6. The van der Waals surface area contributed by atoms with Crippen molar-refractivity contribution >= 4 is 149 Å². The Labute approximate surface area is 583 Å². The number of anilines is 8. The van der Waals surface area contributed by atoms with Crippen molar-refractivity contribution in [3.05, 3.63) is 142 Å². The van der Waals surface area contributed by atoms with Gasteiger partial charge in [-0.2, -0.15) is 0 Å². The molecular weight excluding hydrogens is 1290 g/mol. The summed E-state index contributed by atoms with van der Waals surface area (Å²) < 4.78 is 27.8. The van der Waals surface area contributed by atoms with E-state index >= 15 is 0 Å². The summed E-state index contributed by atoms with van der Waals surface area (Å²) in [6.07, 6.45) is 22.9. The zero-order valence-corrected chi connectivity index (χ0v) is 58.5. The average molecular weight is 1380 g/mol. The number of nitrogen functional groups attached to an aromatic ring is 4. The number of aliphatic imine (C=N–C) groups is 4. The van der Waals surface area contributed by atoms with Crippen LogP contribution in [0.3, 0.4) is 0 Å². The molecule has 3 fully saturated rings. The van der Waals surface area contributed by atoms with Gasteiger partial charge in [0.25, 0.3) is 0 Å². The minimum atomic E-state index is -0.148. The molecule has 0 aromatic heterocycles. The van der Waals surface area contributed by atoms with Crippen LogP contribution in [0.4, 0.5) is 68.2 Å². The van der Waals surface area contributed by atoms with E-state index in [2.05, 4.69) is 24.7 Å². The van der Waals surface area contributed by atoms with Gasteiger partial charge in [0.2, 0.25) is 0 Å². The molecule has 7 aliphatic rings. The Morgan fingerprint density at radius 2 is 0.763 bits per heavy atom. The molecule has 3 aliphatic heterocycles. The SMILES string of the molecule is CCOc1cc(N=C2C=CC(=N)C(C)=C2C)c(N(C)C)cc1N.CCOc1cc(N=C2C=CC(=O)C=C2Cl)c(N2CCCC2)cc1N.CCOc1cc(N=C2C=CC(=O)C=C2Cl)c(N2CCCCC2)cc1N.CCOc1cc(N=C2C=CC(=O)C=C2Cl)c(N2CCOCC2)cc1N. The number of benzene rings is 4. The van der Waals surface area contributed by atoms with Gasteiger partial charge in [0.15, 0.2) is 17.3 Å². The van der Waals surface area contributed by atoms with Gasteiger partial charge in [0.1, 0.15) is 23.0 Å². The second-order valence-electron chi connectivity index (χ2n) is 23.2. The van der Waals surface area contributed by atoms with Crippen LogP contribution in [0.5, 0.6) is 23.0 Å². The number of nitrogens with one attached hydrogen (secondary N) is 1. The van der Waals surface area contributed by atoms with Gasteiger partial charge >= 0.3 is 0 Å². The summed E-state index contributed by atoms with van der Waals surface area (Å²) >= 11 is 18.5. The first kappa shape index (κ1) is 73.4. The molecule has 4 aromatic carbocycles. The standard InChI is InChI=1S/C19H22ClN3O2.C18H20ClN3O3.C18H20ClN3O2.C18H24N4O/c1-2-25-19-12-17(22-16-7-6-13(24)10-14(16)20)18(11-15(19)21)23-8-4-3-5-9-23;1-2-25-18-11-16(21-15-4-3-12(23)9-13(15)19)17(10-14(18)20)22-5-7-24-8-6-22;1-2-24-18-11-16(21-15-6-5-12(23)9-13(15)19)17(10-14(18)20)22-7-3-4-8-22;1-6-23-18-10-16(17(22(4)5)9-14(18)20)21-15-8-7-13(19)11(2)12(15)3/h6-7,10-12H,2-5,8-9,21H2,1H3;3-4,9-11H,2,5-8,20H2,1H3;5-6,9-11H,2-4,7-8,20H2,1H3;7-10,19H,6,20H2,1-5H3. The van der Waals surface area contributed by atoms with E-state index in [4.69, 9.17) is 96.8 Å². The summed E-state index contributed by atoms with van der Waals surface area (Å²) in [6.45, 7) is 20.4. The van der Waals surface area contributed by atoms with Gasteiger partial charge < -0.3 is 71.6 Å². The highest BCUT2D eigenvalue weighted by Crippen LogP contribution is 2.43. The maximum absolute atomic E-state index is 11.4. The number of rotatable bonds is 16. The molecule has 11 rings (SSSR count). The smallest absolute Gasteiger partial charge is 0.180 e. The Bertz CT molecular complexity index is 3900. The highest BCUT2D eigenvalue weighted by Gasteiger charge is 2.24. The van der Waals surface area contributed by atoms with Crippen LogP contribution >= 0.6 is 34.8 Å². The van der Waals surface area contributed by atoms with Crippen LogP contribution in [-0.2, 0) is 19.1 Å². The van der Waals surface area contributed by atoms with E-state index in [1.54, 1.807) is 24.3 Å². The van der Waals surface area contributed by atoms with Crippen molar-refractivity contribution in [2.24, 2.45) is 20.0 Å². The van der Waals surface area contributed by atoms with Crippen molar-refractivity contribution in [3.63, 3.8) is 0 Å². The predicted molar refractivity (Wildman–Crippen MR) is 401 cm³/mol. The molecule has 0 unspecified atom stereocenters. The molecule has 0 atom stereocenters. The molecule has 4 aliphatic carbocycles. The summed E-state index contributed by atoms with van der Waals surface area (Å²) in [5, 5.41) is 8.87. The Morgan fingerprint density at radius 3 is 1.11 bits per heavy atom. The molecule has 97 heavy (non-hydrogen) atoms. The van der Waals surface area contributed by atoms with Gasteiger partial charge in [-0.15, -0.1) is 0 Å². The second-order valence-corrected chi connectivity index (χ2v) is 24.4. The number of nitrogens with two attached hydrogens (primary N) is 4. The molecule has 0 radical (unpaired) electrons. The van der Waals surface area contributed by atoms with Crippen LogP contribution in [0.25, 0.3) is 0 Å². The lowest BCUT2D eigenvalue weighted by Gasteiger charge is -2.30. The van der Waals surface area contributed by atoms with Gasteiger partial charge in [-0.1, -0.05) is 34.8 Å². The molecule has 0 amide bonds. The quantitative estimate of drug-likeness (QED) is 0.0515. The number of hydrogen-bond donors (Lipinski definition) is 5. The lowest BCUT2D eigenvalue weighted by atomic mass is 9.96. The summed E-state index contributed by atoms with van der Waals surface area (Å²) in [4.78, 5) is 61.7. The van der Waals surface area contributed by atoms with Gasteiger partial charge in [-0.05, 0) is 158 Å². The fraction of sp³-hybridized carbons (Fsp3) is 0.342. The highest BCUT2D eigenvalue weighted by atomic mass is 35.5. The van der Waals surface area contributed by atoms with Crippen molar-refractivity contribution in [1.82, 2.24) is 0 Å². The molecule has 21 nitrogen and oxygen atoms in total. The van der Waals surface area contributed by atoms with Gasteiger partial charge in [0, 0.05) is 95.9 Å². The van der Waals surface area contributed by atoms with E-state index in [0.29, 0.717) is 129 Å². The van der Waals surface area contributed by atoms with E-state index in [9.17, 15) is 14.4 Å². The minimum absolute atomic E-state index is 0.132. The number of piperidine rings is 1. The highest BCUT2D eigenvalue weighted by molar-refractivity contribution is 6.49. The molecule has 0 bridgehead atoms. The molecule has 24 heteroatoms. The van der Waals surface area contributed by atoms with Crippen LogP contribution in [-0.4, -0.2) is 139 Å². The Kier molecular flexibility index (Phi) is 26.5. The lowest BCUT2D eigenvalue weighted by Crippen LogP contribution is -2.36. The van der Waals surface area contributed by atoms with E-state index in [1.807, 2.05) is 115 Å². The van der Waals surface area contributed by atoms with E-state index in [-0.39, 0.29) is 17.3 Å². The van der Waals surface area contributed by atoms with E-state index < -0.39 is 0 Å². The monoisotopic (exact) mass is 1380 g/mol. The van der Waals surface area contributed by atoms with Gasteiger partial charge in [-0.3, -0.25) is 14.4 Å². The Balaban J connectivity index is 0.000000165. The molecule has 3 heterocycles. The molecular formula is C73H86Cl3N13O8. The lowest BCUT2D eigenvalue weighted by molar-refractivity contribution is -0.111. The Hall–Kier alpha value is -9.41. The van der Waals surface area contributed by atoms with Gasteiger partial charge in [0.05, 0.1) is 152 Å². The zero-order chi connectivity index (χ0) is 69.9. The molecule has 3 saturated heterocycles. The third-order valence-electron chi connectivity index (χ3n) is 16.1. The number of ketones is 3.